The number of oxime groups is 1. The van der Waals surface area contributed by atoms with E-state index in [0.29, 0.717) is 6.42 Å². The summed E-state index contributed by atoms with van der Waals surface area (Å²) in [6, 6.07) is 7.43. The maximum absolute atomic E-state index is 11.2. The minimum atomic E-state index is -0.356. The molecule has 0 radical (unpaired) electrons. The van der Waals surface area contributed by atoms with Crippen LogP contribution in [0.1, 0.15) is 18.1 Å². The highest BCUT2D eigenvalue weighted by atomic mass is 127. The molecule has 0 fully saturated rings. The average molecular weight is 361 g/mol. The van der Waals surface area contributed by atoms with E-state index in [1.165, 1.54) is 7.11 Å². The summed E-state index contributed by atoms with van der Waals surface area (Å²) in [5, 5.41) is 3.86. The van der Waals surface area contributed by atoms with Crippen LogP contribution in [0.3, 0.4) is 0 Å². The standard InChI is InChI=1S/C12H16IN3O2/c1-8(16-18-2)10-5-3-9(4-6-10)7-11(15-14)12(13)17/h3-6,11,15H,7,14H2,1-2H3/b16-8+. The minimum absolute atomic E-state index is 0.00342. The summed E-state index contributed by atoms with van der Waals surface area (Å²) in [6.45, 7) is 1.87. The number of nitrogens with zero attached hydrogens (tertiary/aromatic N) is 1. The first-order chi connectivity index (χ1) is 8.58. The smallest absolute Gasteiger partial charge is 0.210 e. The predicted molar refractivity (Wildman–Crippen MR) is 79.5 cm³/mol. The zero-order valence-electron chi connectivity index (χ0n) is 10.3. The summed E-state index contributed by atoms with van der Waals surface area (Å²) in [5.74, 6) is 5.33. The lowest BCUT2D eigenvalue weighted by molar-refractivity contribution is -0.111. The van der Waals surface area contributed by atoms with Gasteiger partial charge in [-0.1, -0.05) is 29.4 Å². The molecular weight excluding hydrogens is 345 g/mol. The van der Waals surface area contributed by atoms with Crippen molar-refractivity contribution >= 4 is 32.1 Å². The molecule has 6 heteroatoms. The van der Waals surface area contributed by atoms with Crippen molar-refractivity contribution < 1.29 is 9.63 Å². The Hall–Kier alpha value is -0.990. The Morgan fingerprint density at radius 3 is 2.56 bits per heavy atom. The highest BCUT2D eigenvalue weighted by Crippen LogP contribution is 2.10. The molecule has 18 heavy (non-hydrogen) atoms. The van der Waals surface area contributed by atoms with Crippen LogP contribution in [0.4, 0.5) is 0 Å². The summed E-state index contributed by atoms with van der Waals surface area (Å²) < 4.78 is -0.00342. The molecule has 0 aliphatic carbocycles. The summed E-state index contributed by atoms with van der Waals surface area (Å²) >= 11 is 1.74. The number of hydrogen-bond donors (Lipinski definition) is 2. The van der Waals surface area contributed by atoms with Crippen molar-refractivity contribution in [1.29, 1.82) is 0 Å². The Labute approximate surface area is 120 Å². The normalized spacial score (nSPS) is 13.2. The summed E-state index contributed by atoms with van der Waals surface area (Å²) in [7, 11) is 1.52. The molecule has 1 unspecified atom stereocenters. The third kappa shape index (κ3) is 4.35. The van der Waals surface area contributed by atoms with E-state index < -0.39 is 0 Å². The van der Waals surface area contributed by atoms with E-state index in [2.05, 4.69) is 10.6 Å². The summed E-state index contributed by atoms with van der Waals surface area (Å²) in [4.78, 5) is 16.0. The molecule has 0 bridgehead atoms. The van der Waals surface area contributed by atoms with Crippen molar-refractivity contribution in [3.05, 3.63) is 35.4 Å². The Kier molecular flexibility index (Phi) is 6.23. The quantitative estimate of drug-likeness (QED) is 0.264. The topological polar surface area (TPSA) is 76.7 Å². The molecule has 3 N–H and O–H groups in total. The van der Waals surface area contributed by atoms with Crippen LogP contribution >= 0.6 is 22.6 Å². The molecule has 5 nitrogen and oxygen atoms in total. The lowest BCUT2D eigenvalue weighted by Gasteiger charge is -2.11. The van der Waals surface area contributed by atoms with E-state index >= 15 is 0 Å². The molecule has 0 aliphatic rings. The highest BCUT2D eigenvalue weighted by Gasteiger charge is 2.14. The number of carbonyl (C=O) groups excluding carboxylic acids is 1. The Balaban J connectivity index is 2.77. The Morgan fingerprint density at radius 1 is 1.50 bits per heavy atom. The zero-order chi connectivity index (χ0) is 13.5. The van der Waals surface area contributed by atoms with Gasteiger partial charge in [0, 0.05) is 22.6 Å². The van der Waals surface area contributed by atoms with Crippen molar-refractivity contribution in [2.24, 2.45) is 11.0 Å². The monoisotopic (exact) mass is 361 g/mol. The van der Waals surface area contributed by atoms with E-state index in [0.717, 1.165) is 16.8 Å². The van der Waals surface area contributed by atoms with Crippen LogP contribution in [0.25, 0.3) is 0 Å². The van der Waals surface area contributed by atoms with Gasteiger partial charge in [-0.05, 0) is 24.5 Å². The molecule has 1 atom stereocenters. The van der Waals surface area contributed by atoms with Crippen molar-refractivity contribution in [3.63, 3.8) is 0 Å². The number of rotatable bonds is 6. The average Bonchev–Trinajstić information content (AvgIpc) is 2.36. The van der Waals surface area contributed by atoms with Crippen molar-refractivity contribution in [1.82, 2.24) is 5.43 Å². The van der Waals surface area contributed by atoms with Gasteiger partial charge in [0.15, 0.2) is 0 Å². The maximum Gasteiger partial charge on any atom is 0.210 e. The minimum Gasteiger partial charge on any atom is -0.399 e. The SMILES string of the molecule is CO/N=C(\C)c1ccc(CC(NN)C(=O)I)cc1. The van der Waals surface area contributed by atoms with Gasteiger partial charge in [0.2, 0.25) is 3.79 Å². The van der Waals surface area contributed by atoms with E-state index in [1.54, 1.807) is 22.6 Å². The molecule has 0 amide bonds. The van der Waals surface area contributed by atoms with Crippen LogP contribution < -0.4 is 11.3 Å². The van der Waals surface area contributed by atoms with Crippen LogP contribution in [0, 0.1) is 0 Å². The number of hydrazine groups is 1. The van der Waals surface area contributed by atoms with Crippen molar-refractivity contribution in [2.45, 2.75) is 19.4 Å². The van der Waals surface area contributed by atoms with E-state index in [1.807, 2.05) is 31.2 Å². The van der Waals surface area contributed by atoms with Gasteiger partial charge in [-0.2, -0.15) is 0 Å². The second-order valence-corrected chi connectivity index (χ2v) is 4.85. The van der Waals surface area contributed by atoms with Gasteiger partial charge in [0.25, 0.3) is 0 Å². The molecule has 0 heterocycles. The lowest BCUT2D eigenvalue weighted by atomic mass is 10.0. The summed E-state index contributed by atoms with van der Waals surface area (Å²) in [5.41, 5.74) is 5.34. The number of nitrogens with two attached hydrogens (primary N) is 1. The Bertz CT molecular complexity index is 431. The van der Waals surface area contributed by atoms with Gasteiger partial charge < -0.3 is 4.84 Å². The van der Waals surface area contributed by atoms with Crippen LogP contribution in [-0.4, -0.2) is 22.7 Å². The maximum atomic E-state index is 11.2. The fourth-order valence-corrected chi connectivity index (χ4v) is 1.91. The summed E-state index contributed by atoms with van der Waals surface area (Å²) in [6.07, 6.45) is 0.568. The lowest BCUT2D eigenvalue weighted by Crippen LogP contribution is -2.40. The molecule has 1 rings (SSSR count). The van der Waals surface area contributed by atoms with Gasteiger partial charge in [-0.3, -0.25) is 10.6 Å². The first kappa shape index (κ1) is 15.1. The molecule has 1 aromatic rings. The second kappa shape index (κ2) is 7.45. The molecule has 98 valence electrons. The molecule has 0 aromatic heterocycles. The van der Waals surface area contributed by atoms with Gasteiger partial charge in [0.05, 0.1) is 11.8 Å². The number of hydrogen-bond acceptors (Lipinski definition) is 5. The molecule has 0 spiro atoms. The fourth-order valence-electron chi connectivity index (χ4n) is 1.51. The third-order valence-electron chi connectivity index (χ3n) is 2.51. The van der Waals surface area contributed by atoms with Gasteiger partial charge in [-0.15, -0.1) is 0 Å². The molecule has 0 aliphatic heterocycles. The van der Waals surface area contributed by atoms with Gasteiger partial charge >= 0.3 is 0 Å². The highest BCUT2D eigenvalue weighted by molar-refractivity contribution is 14.1. The van der Waals surface area contributed by atoms with Gasteiger partial charge in [-0.25, -0.2) is 5.43 Å². The van der Waals surface area contributed by atoms with Crippen molar-refractivity contribution in [3.8, 4) is 0 Å². The van der Waals surface area contributed by atoms with E-state index in [4.69, 9.17) is 10.7 Å². The fraction of sp³-hybridized carbons (Fsp3) is 0.333. The molecule has 1 aromatic carbocycles. The third-order valence-corrected chi connectivity index (χ3v) is 3.27. The zero-order valence-corrected chi connectivity index (χ0v) is 12.5. The number of carbonyl (C=O) groups is 1. The first-order valence-corrected chi connectivity index (χ1v) is 6.49. The van der Waals surface area contributed by atoms with E-state index in [9.17, 15) is 4.79 Å². The number of halogens is 1. The predicted octanol–water partition coefficient (Wildman–Crippen LogP) is 1.39. The van der Waals surface area contributed by atoms with Crippen molar-refractivity contribution in [2.75, 3.05) is 7.11 Å². The molecule has 0 saturated carbocycles. The second-order valence-electron chi connectivity index (χ2n) is 3.78. The first-order valence-electron chi connectivity index (χ1n) is 5.41. The Morgan fingerprint density at radius 2 is 2.11 bits per heavy atom. The van der Waals surface area contributed by atoms with Crippen LogP contribution in [0.2, 0.25) is 0 Å². The van der Waals surface area contributed by atoms with Crippen LogP contribution in [-0.2, 0) is 16.1 Å². The molecular formula is C12H16IN3O2. The number of nitrogens with one attached hydrogen (secondary N) is 1. The van der Waals surface area contributed by atoms with E-state index in [-0.39, 0.29) is 9.83 Å². The largest absolute Gasteiger partial charge is 0.399 e. The van der Waals surface area contributed by atoms with Crippen LogP contribution in [0.15, 0.2) is 29.4 Å². The molecule has 0 saturated heterocycles. The van der Waals surface area contributed by atoms with Crippen LogP contribution in [0.5, 0.6) is 0 Å². The van der Waals surface area contributed by atoms with Gasteiger partial charge in [0.1, 0.15) is 7.11 Å². The number of benzene rings is 1.